The zero-order valence-corrected chi connectivity index (χ0v) is 9.27. The first-order valence-electron chi connectivity index (χ1n) is 4.70. The van der Waals surface area contributed by atoms with Crippen LogP contribution in [-0.4, -0.2) is 24.5 Å². The second-order valence-electron chi connectivity index (χ2n) is 3.36. The highest BCUT2D eigenvalue weighted by Crippen LogP contribution is 2.32. The van der Waals surface area contributed by atoms with E-state index < -0.39 is 0 Å². The van der Waals surface area contributed by atoms with E-state index in [4.69, 9.17) is 0 Å². The molecule has 0 spiro atoms. The van der Waals surface area contributed by atoms with Crippen LogP contribution in [0.2, 0.25) is 0 Å². The summed E-state index contributed by atoms with van der Waals surface area (Å²) in [7, 11) is 0. The maximum Gasteiger partial charge on any atom is 0.271 e. The van der Waals surface area contributed by atoms with E-state index >= 15 is 0 Å². The number of fused-ring (bicyclic) bond motifs is 1. The molecule has 0 aliphatic rings. The van der Waals surface area contributed by atoms with Crippen molar-refractivity contribution in [3.05, 3.63) is 30.4 Å². The Morgan fingerprint density at radius 1 is 1.38 bits per heavy atom. The second-order valence-corrected chi connectivity index (χ2v) is 4.34. The summed E-state index contributed by atoms with van der Waals surface area (Å²) in [6.45, 7) is 1.85. The lowest BCUT2D eigenvalue weighted by Gasteiger charge is -1.88. The van der Waals surface area contributed by atoms with Crippen LogP contribution in [0.5, 0.6) is 5.19 Å². The molecule has 1 N–H and O–H groups in total. The van der Waals surface area contributed by atoms with Gasteiger partial charge in [0.2, 0.25) is 5.78 Å². The van der Waals surface area contributed by atoms with Crippen molar-refractivity contribution >= 4 is 17.1 Å². The molecule has 0 aromatic carbocycles. The summed E-state index contributed by atoms with van der Waals surface area (Å²) in [6, 6.07) is 1.84. The highest BCUT2D eigenvalue weighted by Gasteiger charge is 2.12. The molecular weight excluding hydrogens is 224 g/mol. The maximum atomic E-state index is 9.33. The van der Waals surface area contributed by atoms with Gasteiger partial charge in [-0.1, -0.05) is 11.3 Å². The van der Waals surface area contributed by atoms with E-state index in [-0.39, 0.29) is 5.19 Å². The fourth-order valence-corrected chi connectivity index (χ4v) is 2.32. The second kappa shape index (κ2) is 3.28. The number of rotatable bonds is 1. The molecule has 0 amide bonds. The molecule has 3 heterocycles. The Morgan fingerprint density at radius 3 is 2.94 bits per heavy atom. The van der Waals surface area contributed by atoms with Gasteiger partial charge < -0.3 is 5.11 Å². The van der Waals surface area contributed by atoms with E-state index in [1.54, 1.807) is 6.20 Å². The Bertz CT molecular complexity index is 625. The minimum absolute atomic E-state index is 0.0671. The maximum absolute atomic E-state index is 9.33. The van der Waals surface area contributed by atoms with E-state index in [9.17, 15) is 5.11 Å². The standard InChI is InChI=1S/C10H8N4OS/c1-6-8(16-10(15)12-6)7-5-14-4-2-3-11-9(14)13-7/h2-5H,1H3,(H,12,15). The monoisotopic (exact) mass is 232 g/mol. The first-order valence-corrected chi connectivity index (χ1v) is 5.52. The van der Waals surface area contributed by atoms with Crippen molar-refractivity contribution in [1.82, 2.24) is 19.4 Å². The van der Waals surface area contributed by atoms with E-state index in [1.807, 2.05) is 29.8 Å². The van der Waals surface area contributed by atoms with Crippen molar-refractivity contribution in [3.8, 4) is 15.8 Å². The first kappa shape index (κ1) is 9.29. The largest absolute Gasteiger partial charge is 0.486 e. The minimum atomic E-state index is 0.0671. The Kier molecular flexibility index (Phi) is 1.90. The van der Waals surface area contributed by atoms with Gasteiger partial charge in [-0.3, -0.25) is 4.40 Å². The third-order valence-electron chi connectivity index (χ3n) is 2.25. The van der Waals surface area contributed by atoms with Gasteiger partial charge >= 0.3 is 0 Å². The molecular formula is C10H8N4OS. The Balaban J connectivity index is 2.22. The van der Waals surface area contributed by atoms with Gasteiger partial charge in [0.05, 0.1) is 10.6 Å². The SMILES string of the molecule is Cc1nc(O)sc1-c1cn2cccnc2n1. The first-order chi connectivity index (χ1) is 7.74. The molecule has 16 heavy (non-hydrogen) atoms. The van der Waals surface area contributed by atoms with Gasteiger partial charge in [0.25, 0.3) is 5.19 Å². The van der Waals surface area contributed by atoms with Crippen molar-refractivity contribution < 1.29 is 5.11 Å². The van der Waals surface area contributed by atoms with Crippen molar-refractivity contribution in [3.63, 3.8) is 0 Å². The molecule has 0 bridgehead atoms. The highest BCUT2D eigenvalue weighted by atomic mass is 32.1. The fraction of sp³-hybridized carbons (Fsp3) is 0.100. The zero-order valence-electron chi connectivity index (χ0n) is 8.45. The topological polar surface area (TPSA) is 63.3 Å². The molecule has 0 saturated heterocycles. The van der Waals surface area contributed by atoms with Crippen LogP contribution < -0.4 is 0 Å². The number of hydrogen-bond acceptors (Lipinski definition) is 5. The van der Waals surface area contributed by atoms with Gasteiger partial charge in [-0.05, 0) is 13.0 Å². The predicted molar refractivity (Wildman–Crippen MR) is 60.5 cm³/mol. The number of thiazole rings is 1. The summed E-state index contributed by atoms with van der Waals surface area (Å²) in [5.74, 6) is 0.643. The number of aromatic hydroxyl groups is 1. The van der Waals surface area contributed by atoms with Gasteiger partial charge in [-0.15, -0.1) is 0 Å². The van der Waals surface area contributed by atoms with Crippen molar-refractivity contribution in [2.75, 3.05) is 0 Å². The summed E-state index contributed by atoms with van der Waals surface area (Å²) in [6.07, 6.45) is 5.46. The van der Waals surface area contributed by atoms with Gasteiger partial charge in [0, 0.05) is 18.6 Å². The summed E-state index contributed by atoms with van der Waals surface area (Å²) in [5.41, 5.74) is 1.57. The molecule has 0 aliphatic carbocycles. The van der Waals surface area contributed by atoms with Crippen LogP contribution in [0.25, 0.3) is 16.3 Å². The molecule has 80 valence electrons. The highest BCUT2D eigenvalue weighted by molar-refractivity contribution is 7.16. The van der Waals surface area contributed by atoms with Crippen LogP contribution in [0.3, 0.4) is 0 Å². The Morgan fingerprint density at radius 2 is 2.25 bits per heavy atom. The summed E-state index contributed by atoms with van der Waals surface area (Å²) in [4.78, 5) is 13.3. The molecule has 3 aromatic heterocycles. The number of hydrogen-bond donors (Lipinski definition) is 1. The quantitative estimate of drug-likeness (QED) is 0.695. The van der Waals surface area contributed by atoms with Crippen molar-refractivity contribution in [2.45, 2.75) is 6.92 Å². The molecule has 0 aliphatic heterocycles. The smallest absolute Gasteiger partial charge is 0.271 e. The Hall–Kier alpha value is -1.95. The summed E-state index contributed by atoms with van der Waals surface area (Å²) < 4.78 is 1.84. The van der Waals surface area contributed by atoms with E-state index in [1.165, 1.54) is 11.3 Å². The summed E-state index contributed by atoms with van der Waals surface area (Å²) in [5, 5.41) is 9.39. The van der Waals surface area contributed by atoms with Crippen LogP contribution in [0, 0.1) is 6.92 Å². The number of imidazole rings is 1. The molecule has 0 fully saturated rings. The molecule has 6 heteroatoms. The third-order valence-corrected chi connectivity index (χ3v) is 3.24. The molecule has 0 atom stereocenters. The summed E-state index contributed by atoms with van der Waals surface area (Å²) >= 11 is 1.22. The average Bonchev–Trinajstić information content (AvgIpc) is 2.81. The molecule has 3 rings (SSSR count). The van der Waals surface area contributed by atoms with Crippen LogP contribution >= 0.6 is 11.3 Å². The zero-order chi connectivity index (χ0) is 11.1. The molecule has 0 radical (unpaired) electrons. The van der Waals surface area contributed by atoms with Gasteiger partial charge in [-0.2, -0.15) is 0 Å². The molecule has 0 saturated carbocycles. The van der Waals surface area contributed by atoms with Gasteiger partial charge in [-0.25, -0.2) is 15.0 Å². The van der Waals surface area contributed by atoms with E-state index in [2.05, 4.69) is 15.0 Å². The molecule has 5 nitrogen and oxygen atoms in total. The lowest BCUT2D eigenvalue weighted by atomic mass is 10.3. The Labute approximate surface area is 95.1 Å². The van der Waals surface area contributed by atoms with Crippen LogP contribution in [0.4, 0.5) is 0 Å². The molecule has 3 aromatic rings. The number of nitrogens with zero attached hydrogens (tertiary/aromatic N) is 4. The number of aryl methyl sites for hydroxylation is 1. The normalized spacial score (nSPS) is 11.1. The van der Waals surface area contributed by atoms with Gasteiger partial charge in [0.1, 0.15) is 5.69 Å². The van der Waals surface area contributed by atoms with Crippen LogP contribution in [-0.2, 0) is 0 Å². The predicted octanol–water partition coefficient (Wildman–Crippen LogP) is 1.87. The van der Waals surface area contributed by atoms with Crippen LogP contribution in [0.1, 0.15) is 5.69 Å². The lowest BCUT2D eigenvalue weighted by molar-refractivity contribution is 0.470. The van der Waals surface area contributed by atoms with Crippen molar-refractivity contribution in [1.29, 1.82) is 0 Å². The molecule has 0 unspecified atom stereocenters. The van der Waals surface area contributed by atoms with E-state index in [0.717, 1.165) is 16.3 Å². The van der Waals surface area contributed by atoms with E-state index in [0.29, 0.717) is 5.78 Å². The lowest BCUT2D eigenvalue weighted by Crippen LogP contribution is -1.82. The minimum Gasteiger partial charge on any atom is -0.486 e. The van der Waals surface area contributed by atoms with Crippen LogP contribution in [0.15, 0.2) is 24.7 Å². The van der Waals surface area contributed by atoms with Crippen molar-refractivity contribution in [2.24, 2.45) is 0 Å². The third kappa shape index (κ3) is 1.35. The number of aromatic nitrogens is 4. The average molecular weight is 232 g/mol. The van der Waals surface area contributed by atoms with Gasteiger partial charge in [0.15, 0.2) is 0 Å². The fourth-order valence-electron chi connectivity index (χ4n) is 1.56.